The molecule has 33 heavy (non-hydrogen) atoms. The summed E-state index contributed by atoms with van der Waals surface area (Å²) in [5.41, 5.74) is 1.54. The second-order valence-corrected chi connectivity index (χ2v) is 7.89. The van der Waals surface area contributed by atoms with Crippen LogP contribution in [0.1, 0.15) is 35.2 Å². The van der Waals surface area contributed by atoms with E-state index >= 15 is 0 Å². The maximum Gasteiger partial charge on any atom is 0.251 e. The Labute approximate surface area is 194 Å². The van der Waals surface area contributed by atoms with Crippen LogP contribution in [0.4, 0.5) is 0 Å². The second kappa shape index (κ2) is 11.4. The summed E-state index contributed by atoms with van der Waals surface area (Å²) in [4.78, 5) is 27.2. The zero-order valence-electron chi connectivity index (χ0n) is 19.7. The summed E-state index contributed by atoms with van der Waals surface area (Å²) in [6, 6.07) is 10.8. The number of hydrogen-bond donors (Lipinski definition) is 1. The number of amides is 2. The zero-order valence-corrected chi connectivity index (χ0v) is 19.7. The number of ether oxygens (including phenoxy) is 4. The fourth-order valence-electron chi connectivity index (χ4n) is 3.96. The van der Waals surface area contributed by atoms with E-state index < -0.39 is 0 Å². The molecule has 8 heteroatoms. The highest BCUT2D eigenvalue weighted by molar-refractivity contribution is 5.95. The highest BCUT2D eigenvalue weighted by Crippen LogP contribution is 2.29. The number of rotatable bonds is 9. The van der Waals surface area contributed by atoms with Gasteiger partial charge in [0.05, 0.1) is 28.4 Å². The molecule has 178 valence electrons. The first-order valence-electron chi connectivity index (χ1n) is 11.0. The Morgan fingerprint density at radius 1 is 0.848 bits per heavy atom. The first-order chi connectivity index (χ1) is 16.0. The largest absolute Gasteiger partial charge is 0.493 e. The number of nitrogens with zero attached hydrogens (tertiary/aromatic N) is 1. The molecule has 0 atom stereocenters. The van der Waals surface area contributed by atoms with Gasteiger partial charge in [-0.1, -0.05) is 6.07 Å². The van der Waals surface area contributed by atoms with Crippen LogP contribution in [-0.2, 0) is 11.2 Å². The Bertz CT molecular complexity index is 969. The lowest BCUT2D eigenvalue weighted by atomic mass is 10.0. The van der Waals surface area contributed by atoms with Crippen LogP contribution in [0.3, 0.4) is 0 Å². The van der Waals surface area contributed by atoms with Crippen molar-refractivity contribution in [3.05, 3.63) is 47.5 Å². The molecule has 2 aromatic rings. The van der Waals surface area contributed by atoms with E-state index in [9.17, 15) is 9.59 Å². The molecule has 8 nitrogen and oxygen atoms in total. The lowest BCUT2D eigenvalue weighted by Crippen LogP contribution is -2.46. The van der Waals surface area contributed by atoms with Gasteiger partial charge in [0.1, 0.15) is 0 Å². The number of carbonyl (C=O) groups excluding carboxylic acids is 2. The summed E-state index contributed by atoms with van der Waals surface area (Å²) in [6.45, 7) is 1.25. The third-order valence-corrected chi connectivity index (χ3v) is 5.90. The predicted molar refractivity (Wildman–Crippen MR) is 124 cm³/mol. The molecule has 3 rings (SSSR count). The molecular weight excluding hydrogens is 424 g/mol. The number of benzene rings is 2. The third-order valence-electron chi connectivity index (χ3n) is 5.90. The molecule has 1 saturated heterocycles. The summed E-state index contributed by atoms with van der Waals surface area (Å²) in [5, 5.41) is 3.07. The van der Waals surface area contributed by atoms with Gasteiger partial charge >= 0.3 is 0 Å². The van der Waals surface area contributed by atoms with Crippen molar-refractivity contribution in [2.24, 2.45) is 0 Å². The van der Waals surface area contributed by atoms with E-state index in [2.05, 4.69) is 5.32 Å². The van der Waals surface area contributed by atoms with Crippen molar-refractivity contribution in [3.63, 3.8) is 0 Å². The van der Waals surface area contributed by atoms with Gasteiger partial charge in [-0.2, -0.15) is 0 Å². The van der Waals surface area contributed by atoms with Gasteiger partial charge in [-0.25, -0.2) is 0 Å². The van der Waals surface area contributed by atoms with Crippen molar-refractivity contribution in [2.75, 3.05) is 41.5 Å². The van der Waals surface area contributed by atoms with Crippen LogP contribution in [-0.4, -0.2) is 64.3 Å². The van der Waals surface area contributed by atoms with Gasteiger partial charge in [-0.15, -0.1) is 0 Å². The van der Waals surface area contributed by atoms with E-state index in [0.29, 0.717) is 54.5 Å². The molecule has 0 saturated carbocycles. The van der Waals surface area contributed by atoms with Gasteiger partial charge in [-0.05, 0) is 55.2 Å². The highest BCUT2D eigenvalue weighted by atomic mass is 16.5. The molecule has 1 aliphatic heterocycles. The minimum atomic E-state index is -0.158. The molecular formula is C25H32N2O6. The van der Waals surface area contributed by atoms with Crippen molar-refractivity contribution < 1.29 is 28.5 Å². The van der Waals surface area contributed by atoms with E-state index in [1.165, 1.54) is 7.11 Å². The van der Waals surface area contributed by atoms with Gasteiger partial charge in [-0.3, -0.25) is 9.59 Å². The molecule has 0 aliphatic carbocycles. The van der Waals surface area contributed by atoms with Crippen LogP contribution in [0.5, 0.6) is 23.0 Å². The molecule has 1 aliphatic rings. The zero-order chi connectivity index (χ0) is 23.8. The van der Waals surface area contributed by atoms with Crippen molar-refractivity contribution in [1.29, 1.82) is 0 Å². The monoisotopic (exact) mass is 456 g/mol. The number of likely N-dealkylation sites (tertiary alicyclic amines) is 1. The molecule has 2 amide bonds. The number of carbonyl (C=O) groups is 2. The number of methoxy groups -OCH3 is 4. The van der Waals surface area contributed by atoms with Gasteiger partial charge in [0, 0.05) is 31.1 Å². The van der Waals surface area contributed by atoms with E-state index in [4.69, 9.17) is 18.9 Å². The van der Waals surface area contributed by atoms with Gasteiger partial charge in [0.15, 0.2) is 23.0 Å². The molecule has 0 radical (unpaired) electrons. The number of nitrogens with one attached hydrogen (secondary N) is 1. The van der Waals surface area contributed by atoms with Crippen LogP contribution >= 0.6 is 0 Å². The topological polar surface area (TPSA) is 86.3 Å². The van der Waals surface area contributed by atoms with Gasteiger partial charge in [0.2, 0.25) is 5.91 Å². The van der Waals surface area contributed by atoms with Crippen LogP contribution in [0.25, 0.3) is 0 Å². The van der Waals surface area contributed by atoms with Crippen LogP contribution in [0.15, 0.2) is 36.4 Å². The van der Waals surface area contributed by atoms with Crippen molar-refractivity contribution >= 4 is 11.8 Å². The normalized spacial score (nSPS) is 13.9. The molecule has 0 unspecified atom stereocenters. The predicted octanol–water partition coefficient (Wildman–Crippen LogP) is 3.07. The van der Waals surface area contributed by atoms with Gasteiger partial charge in [0.25, 0.3) is 5.91 Å². The second-order valence-electron chi connectivity index (χ2n) is 7.89. The van der Waals surface area contributed by atoms with E-state index in [-0.39, 0.29) is 17.9 Å². The third kappa shape index (κ3) is 6.09. The lowest BCUT2D eigenvalue weighted by molar-refractivity contribution is -0.132. The Morgan fingerprint density at radius 3 is 2.03 bits per heavy atom. The quantitative estimate of drug-likeness (QED) is 0.624. The summed E-state index contributed by atoms with van der Waals surface area (Å²) < 4.78 is 21.1. The standard InChI is InChI=1S/C25H32N2O6/c1-30-20-8-5-17(15-22(20)32-3)6-10-24(28)27-13-11-19(12-14-27)26-25(29)18-7-9-21(31-2)23(16-18)33-4/h5,7-9,15-16,19H,6,10-14H2,1-4H3,(H,26,29). The minimum Gasteiger partial charge on any atom is -0.493 e. The van der Waals surface area contributed by atoms with Crippen molar-refractivity contribution in [1.82, 2.24) is 10.2 Å². The average Bonchev–Trinajstić information content (AvgIpc) is 2.86. The van der Waals surface area contributed by atoms with Crippen molar-refractivity contribution in [3.8, 4) is 23.0 Å². The molecule has 0 aromatic heterocycles. The molecule has 2 aromatic carbocycles. The lowest BCUT2D eigenvalue weighted by Gasteiger charge is -2.32. The maximum absolute atomic E-state index is 12.7. The Hall–Kier alpha value is -3.42. The smallest absolute Gasteiger partial charge is 0.251 e. The SMILES string of the molecule is COc1ccc(CCC(=O)N2CCC(NC(=O)c3ccc(OC)c(OC)c3)CC2)cc1OC. The van der Waals surface area contributed by atoms with E-state index in [0.717, 1.165) is 18.4 Å². The van der Waals surface area contributed by atoms with E-state index in [1.54, 1.807) is 39.5 Å². The fourth-order valence-corrected chi connectivity index (χ4v) is 3.96. The first kappa shape index (κ1) is 24.2. The van der Waals surface area contributed by atoms with E-state index in [1.807, 2.05) is 23.1 Å². The number of aryl methyl sites for hydroxylation is 1. The summed E-state index contributed by atoms with van der Waals surface area (Å²) in [7, 11) is 6.29. The van der Waals surface area contributed by atoms with Gasteiger partial charge < -0.3 is 29.2 Å². The molecule has 1 fully saturated rings. The first-order valence-corrected chi connectivity index (χ1v) is 11.0. The average molecular weight is 457 g/mol. The number of piperidine rings is 1. The van der Waals surface area contributed by atoms with Crippen molar-refractivity contribution in [2.45, 2.75) is 31.7 Å². The summed E-state index contributed by atoms with van der Waals surface area (Å²) in [5.74, 6) is 2.39. The molecule has 0 spiro atoms. The minimum absolute atomic E-state index is 0.0282. The maximum atomic E-state index is 12.7. The fraction of sp³-hybridized carbons (Fsp3) is 0.440. The molecule has 1 N–H and O–H groups in total. The van der Waals surface area contributed by atoms with Crippen LogP contribution in [0.2, 0.25) is 0 Å². The van der Waals surface area contributed by atoms with Crippen LogP contribution < -0.4 is 24.3 Å². The Kier molecular flexibility index (Phi) is 8.40. The summed E-state index contributed by atoms with van der Waals surface area (Å²) >= 11 is 0. The Balaban J connectivity index is 1.47. The Morgan fingerprint density at radius 2 is 1.42 bits per heavy atom. The summed E-state index contributed by atoms with van der Waals surface area (Å²) in [6.07, 6.45) is 2.51. The molecule has 1 heterocycles. The molecule has 0 bridgehead atoms. The number of hydrogen-bond acceptors (Lipinski definition) is 6. The van der Waals surface area contributed by atoms with Crippen LogP contribution in [0, 0.1) is 0 Å². The highest BCUT2D eigenvalue weighted by Gasteiger charge is 2.24.